The zero-order chi connectivity index (χ0) is 19.6. The Morgan fingerprint density at radius 1 is 1.07 bits per heavy atom. The summed E-state index contributed by atoms with van der Waals surface area (Å²) < 4.78 is 29.4. The summed E-state index contributed by atoms with van der Waals surface area (Å²) in [5.41, 5.74) is 2.08. The Morgan fingerprint density at radius 2 is 1.67 bits per heavy atom. The molecule has 0 amide bonds. The Morgan fingerprint density at radius 3 is 2.26 bits per heavy atom. The number of nitrogens with one attached hydrogen (secondary N) is 1. The third-order valence-corrected chi connectivity index (χ3v) is 7.16. The molecule has 146 valence electrons. The summed E-state index contributed by atoms with van der Waals surface area (Å²) in [6.45, 7) is 8.12. The van der Waals surface area contributed by atoms with Gasteiger partial charge in [0.25, 0.3) is 5.69 Å². The second kappa shape index (κ2) is 7.79. The highest BCUT2D eigenvalue weighted by Gasteiger charge is 2.34. The number of para-hydroxylation sites is 1. The summed E-state index contributed by atoms with van der Waals surface area (Å²) in [4.78, 5) is 11.6. The van der Waals surface area contributed by atoms with Gasteiger partial charge in [0.2, 0.25) is 10.0 Å². The van der Waals surface area contributed by atoms with Crippen LogP contribution in [-0.4, -0.2) is 54.9 Å². The van der Waals surface area contributed by atoms with E-state index in [1.54, 1.807) is 0 Å². The zero-order valence-corrected chi connectivity index (χ0v) is 16.4. The maximum atomic E-state index is 12.9. The third kappa shape index (κ3) is 4.05. The highest BCUT2D eigenvalue weighted by atomic mass is 32.2. The quantitative estimate of drug-likeness (QED) is 0.575. The normalized spacial score (nSPS) is 16.5. The van der Waals surface area contributed by atoms with Crippen molar-refractivity contribution in [2.24, 2.45) is 0 Å². The summed E-state index contributed by atoms with van der Waals surface area (Å²) in [6.07, 6.45) is 0. The van der Waals surface area contributed by atoms with Gasteiger partial charge in [-0.05, 0) is 32.0 Å². The number of quaternary nitrogens is 1. The minimum atomic E-state index is -3.86. The van der Waals surface area contributed by atoms with Crippen LogP contribution >= 0.6 is 0 Å². The molecular formula is C18H25N4O4S+. The number of hydrogen-bond acceptors (Lipinski definition) is 4. The van der Waals surface area contributed by atoms with Gasteiger partial charge in [-0.1, -0.05) is 12.1 Å². The lowest BCUT2D eigenvalue weighted by Crippen LogP contribution is -3.15. The van der Waals surface area contributed by atoms with Gasteiger partial charge >= 0.3 is 0 Å². The van der Waals surface area contributed by atoms with E-state index in [1.807, 2.05) is 0 Å². The highest BCUT2D eigenvalue weighted by Crippen LogP contribution is 2.26. The first-order valence-electron chi connectivity index (χ1n) is 9.00. The first-order valence-corrected chi connectivity index (χ1v) is 10.4. The fraction of sp³-hybridized carbons (Fsp3) is 0.444. The van der Waals surface area contributed by atoms with Crippen LogP contribution in [0.2, 0.25) is 0 Å². The van der Waals surface area contributed by atoms with Crippen LogP contribution in [0.25, 0.3) is 0 Å². The summed E-state index contributed by atoms with van der Waals surface area (Å²) >= 11 is 0. The average Bonchev–Trinajstić information content (AvgIpc) is 2.98. The van der Waals surface area contributed by atoms with Gasteiger partial charge < -0.3 is 9.47 Å². The molecule has 0 atom stereocenters. The summed E-state index contributed by atoms with van der Waals surface area (Å²) in [5, 5.41) is 11.2. The van der Waals surface area contributed by atoms with Crippen molar-refractivity contribution in [1.82, 2.24) is 8.87 Å². The van der Waals surface area contributed by atoms with Crippen LogP contribution in [0.3, 0.4) is 0 Å². The molecule has 0 aliphatic carbocycles. The van der Waals surface area contributed by atoms with E-state index >= 15 is 0 Å². The summed E-state index contributed by atoms with van der Waals surface area (Å²) in [7, 11) is -3.86. The van der Waals surface area contributed by atoms with Gasteiger partial charge in [-0.3, -0.25) is 10.1 Å². The maximum Gasteiger partial charge on any atom is 0.289 e. The van der Waals surface area contributed by atoms with E-state index in [0.29, 0.717) is 26.2 Å². The molecule has 9 heteroatoms. The maximum absolute atomic E-state index is 12.9. The van der Waals surface area contributed by atoms with Gasteiger partial charge in [0.15, 0.2) is 4.90 Å². The predicted octanol–water partition coefficient (Wildman–Crippen LogP) is 0.603. The molecule has 3 rings (SSSR count). The Hall–Kier alpha value is -2.23. The molecule has 0 radical (unpaired) electrons. The number of piperazine rings is 1. The third-order valence-electron chi connectivity index (χ3n) is 5.22. The molecule has 1 aromatic heterocycles. The fourth-order valence-electron chi connectivity index (χ4n) is 3.58. The van der Waals surface area contributed by atoms with E-state index in [1.165, 1.54) is 44.9 Å². The predicted molar refractivity (Wildman–Crippen MR) is 101 cm³/mol. The molecular weight excluding hydrogens is 368 g/mol. The van der Waals surface area contributed by atoms with Crippen LogP contribution in [-0.2, 0) is 16.6 Å². The Bertz CT molecular complexity index is 911. The molecule has 0 unspecified atom stereocenters. The highest BCUT2D eigenvalue weighted by molar-refractivity contribution is 7.89. The molecule has 2 aromatic rings. The SMILES string of the molecule is Cc1ccc(C)n1CC[NH+]1CCN(S(=O)(=O)c2ccccc2[N+](=O)[O-])CC1. The summed E-state index contributed by atoms with van der Waals surface area (Å²) in [6, 6.07) is 9.73. The molecule has 1 aliphatic rings. The van der Waals surface area contributed by atoms with Crippen LogP contribution in [0.4, 0.5) is 5.69 Å². The number of hydrogen-bond donors (Lipinski definition) is 1. The van der Waals surface area contributed by atoms with E-state index in [4.69, 9.17) is 0 Å². The molecule has 1 saturated heterocycles. The monoisotopic (exact) mass is 393 g/mol. The Kier molecular flexibility index (Phi) is 5.64. The lowest BCUT2D eigenvalue weighted by molar-refractivity contribution is -0.904. The topological polar surface area (TPSA) is 89.9 Å². The standard InChI is InChI=1S/C18H24N4O4S/c1-15-7-8-16(2)21(15)14-11-19-9-12-20(13-10-19)27(25,26)18-6-4-3-5-17(18)22(23)24/h3-8H,9-14H2,1-2H3/p+1. The molecule has 2 heterocycles. The van der Waals surface area contributed by atoms with Crippen molar-refractivity contribution in [1.29, 1.82) is 0 Å². The second-order valence-corrected chi connectivity index (χ2v) is 8.80. The summed E-state index contributed by atoms with van der Waals surface area (Å²) in [5.74, 6) is 0. The molecule has 1 fully saturated rings. The molecule has 0 saturated carbocycles. The second-order valence-electron chi connectivity index (χ2n) is 6.90. The van der Waals surface area contributed by atoms with Crippen molar-refractivity contribution in [2.75, 3.05) is 32.7 Å². The average molecular weight is 393 g/mol. The number of aryl methyl sites for hydroxylation is 2. The largest absolute Gasteiger partial charge is 0.344 e. The lowest BCUT2D eigenvalue weighted by atomic mass is 10.3. The van der Waals surface area contributed by atoms with E-state index in [9.17, 15) is 18.5 Å². The first-order chi connectivity index (χ1) is 12.8. The zero-order valence-electron chi connectivity index (χ0n) is 15.6. The molecule has 0 bridgehead atoms. The van der Waals surface area contributed by atoms with Gasteiger partial charge in [-0.15, -0.1) is 0 Å². The van der Waals surface area contributed by atoms with Crippen molar-refractivity contribution < 1.29 is 18.2 Å². The van der Waals surface area contributed by atoms with Crippen LogP contribution in [0.5, 0.6) is 0 Å². The van der Waals surface area contributed by atoms with Crippen molar-refractivity contribution in [3.8, 4) is 0 Å². The van der Waals surface area contributed by atoms with Crippen LogP contribution in [0.15, 0.2) is 41.3 Å². The van der Waals surface area contributed by atoms with Crippen LogP contribution < -0.4 is 4.90 Å². The minimum absolute atomic E-state index is 0.225. The van der Waals surface area contributed by atoms with Gasteiger partial charge in [0, 0.05) is 17.5 Å². The van der Waals surface area contributed by atoms with E-state index in [0.717, 1.165) is 13.1 Å². The number of nitro benzene ring substituents is 1. The molecule has 1 aliphatic heterocycles. The fourth-order valence-corrected chi connectivity index (χ4v) is 5.18. The van der Waals surface area contributed by atoms with Gasteiger partial charge in [0.05, 0.1) is 44.2 Å². The van der Waals surface area contributed by atoms with Crippen LogP contribution in [0.1, 0.15) is 11.4 Å². The number of rotatable bonds is 6. The number of benzene rings is 1. The number of nitrogens with zero attached hydrogens (tertiary/aromatic N) is 3. The Labute approximate surface area is 159 Å². The number of sulfonamides is 1. The molecule has 8 nitrogen and oxygen atoms in total. The van der Waals surface area contributed by atoms with E-state index in [2.05, 4.69) is 30.5 Å². The van der Waals surface area contributed by atoms with Crippen molar-refractivity contribution >= 4 is 15.7 Å². The van der Waals surface area contributed by atoms with E-state index in [-0.39, 0.29) is 10.6 Å². The Balaban J connectivity index is 1.64. The lowest BCUT2D eigenvalue weighted by Gasteiger charge is -2.31. The van der Waals surface area contributed by atoms with Crippen molar-refractivity contribution in [3.05, 3.63) is 57.9 Å². The molecule has 1 N–H and O–H groups in total. The number of nitro groups is 1. The van der Waals surface area contributed by atoms with Gasteiger partial charge in [0.1, 0.15) is 0 Å². The minimum Gasteiger partial charge on any atom is -0.344 e. The van der Waals surface area contributed by atoms with Crippen LogP contribution in [0, 0.1) is 24.0 Å². The molecule has 1 aromatic carbocycles. The van der Waals surface area contributed by atoms with Crippen molar-refractivity contribution in [2.45, 2.75) is 25.3 Å². The molecule has 27 heavy (non-hydrogen) atoms. The number of aromatic nitrogens is 1. The first kappa shape index (κ1) is 19.5. The smallest absolute Gasteiger partial charge is 0.289 e. The van der Waals surface area contributed by atoms with Crippen molar-refractivity contribution in [3.63, 3.8) is 0 Å². The molecule has 0 spiro atoms. The van der Waals surface area contributed by atoms with Gasteiger partial charge in [-0.25, -0.2) is 8.42 Å². The van der Waals surface area contributed by atoms with E-state index < -0.39 is 14.9 Å². The van der Waals surface area contributed by atoms with Gasteiger partial charge in [-0.2, -0.15) is 4.31 Å².